The van der Waals surface area contributed by atoms with Crippen LogP contribution in [0.1, 0.15) is 38.6 Å². The minimum atomic E-state index is 0.0661. The molecule has 2 aromatic heterocycles. The first-order chi connectivity index (χ1) is 14.1. The summed E-state index contributed by atoms with van der Waals surface area (Å²) < 4.78 is 8.87. The van der Waals surface area contributed by atoms with Crippen molar-refractivity contribution in [3.8, 4) is 5.88 Å². The summed E-state index contributed by atoms with van der Waals surface area (Å²) in [5.74, 6) is 3.04. The maximum atomic E-state index is 6.46. The molecule has 152 valence electrons. The van der Waals surface area contributed by atoms with Gasteiger partial charge in [0.1, 0.15) is 11.9 Å². The number of aryl methyl sites for hydroxylation is 1. The van der Waals surface area contributed by atoms with Gasteiger partial charge in [-0.1, -0.05) is 12.1 Å². The minimum absolute atomic E-state index is 0.0661. The zero-order valence-electron chi connectivity index (χ0n) is 17.4. The fraction of sp³-hybridized carbons (Fsp3) is 0.522. The van der Waals surface area contributed by atoms with Crippen LogP contribution < -0.4 is 4.74 Å². The van der Waals surface area contributed by atoms with Crippen LogP contribution in [-0.4, -0.2) is 49.7 Å². The van der Waals surface area contributed by atoms with Crippen molar-refractivity contribution in [3.63, 3.8) is 0 Å². The Hall–Kier alpha value is -2.47. The summed E-state index contributed by atoms with van der Waals surface area (Å²) in [6.07, 6.45) is 7.32. The number of hydrogen-bond acceptors (Lipinski definition) is 5. The van der Waals surface area contributed by atoms with E-state index in [1.165, 1.54) is 18.6 Å². The number of benzene rings is 1. The molecule has 0 bridgehead atoms. The zero-order valence-corrected chi connectivity index (χ0v) is 17.4. The predicted molar refractivity (Wildman–Crippen MR) is 113 cm³/mol. The lowest BCUT2D eigenvalue weighted by molar-refractivity contribution is 0.0518. The van der Waals surface area contributed by atoms with E-state index in [-0.39, 0.29) is 12.1 Å². The first-order valence-electron chi connectivity index (χ1n) is 10.7. The smallest absolute Gasteiger partial charge is 0.232 e. The van der Waals surface area contributed by atoms with E-state index in [1.807, 2.05) is 0 Å². The van der Waals surface area contributed by atoms with Crippen LogP contribution in [0.4, 0.5) is 0 Å². The molecule has 0 radical (unpaired) electrons. The Kier molecular flexibility index (Phi) is 4.74. The van der Waals surface area contributed by atoms with E-state index < -0.39 is 0 Å². The van der Waals surface area contributed by atoms with E-state index in [1.54, 1.807) is 18.6 Å². The average Bonchev–Trinajstić information content (AvgIpc) is 3.28. The third kappa shape index (κ3) is 3.39. The number of nitrogens with zero attached hydrogens (tertiary/aromatic N) is 5. The van der Waals surface area contributed by atoms with E-state index in [0.29, 0.717) is 23.8 Å². The number of rotatable bonds is 4. The van der Waals surface area contributed by atoms with Gasteiger partial charge >= 0.3 is 0 Å². The number of para-hydroxylation sites is 2. The fourth-order valence-electron chi connectivity index (χ4n) is 5.33. The third-order valence-corrected chi connectivity index (χ3v) is 6.76. The Bertz CT molecular complexity index is 985. The molecular weight excluding hydrogens is 362 g/mol. The molecule has 5 rings (SSSR count). The predicted octanol–water partition coefficient (Wildman–Crippen LogP) is 3.87. The molecule has 29 heavy (non-hydrogen) atoms. The van der Waals surface area contributed by atoms with E-state index >= 15 is 0 Å². The van der Waals surface area contributed by atoms with Gasteiger partial charge in [-0.05, 0) is 57.6 Å². The Morgan fingerprint density at radius 1 is 1.07 bits per heavy atom. The van der Waals surface area contributed by atoms with Gasteiger partial charge in [-0.3, -0.25) is 4.98 Å². The van der Waals surface area contributed by atoms with Gasteiger partial charge in [0.15, 0.2) is 0 Å². The molecule has 3 aromatic rings. The van der Waals surface area contributed by atoms with Gasteiger partial charge in [-0.25, -0.2) is 9.97 Å². The van der Waals surface area contributed by atoms with Crippen LogP contribution in [0.5, 0.6) is 5.88 Å². The lowest BCUT2D eigenvalue weighted by Crippen LogP contribution is -2.40. The summed E-state index contributed by atoms with van der Waals surface area (Å²) in [4.78, 5) is 16.0. The van der Waals surface area contributed by atoms with Gasteiger partial charge in [0.05, 0.1) is 23.3 Å². The van der Waals surface area contributed by atoms with Gasteiger partial charge in [-0.15, -0.1) is 0 Å². The quantitative estimate of drug-likeness (QED) is 0.676. The number of likely N-dealkylation sites (tertiary alicyclic amines) is 1. The van der Waals surface area contributed by atoms with Crippen molar-refractivity contribution < 1.29 is 4.74 Å². The number of fused-ring (bicyclic) bond motifs is 2. The standard InChI is InChI=1S/C23H29N5O/c1-15(2)27-13-17-10-21(28-16(3)26-19-6-4-5-7-20(19)28)22(11-18(17)14-27)29-23-12-24-8-9-25-23/h4-9,12,15,17-18,21-22H,10-11,13-14H2,1-3H3/t17-,18+,21-,22-/m0/s1. The van der Waals surface area contributed by atoms with Crippen LogP contribution in [-0.2, 0) is 0 Å². The van der Waals surface area contributed by atoms with Crippen molar-refractivity contribution in [2.75, 3.05) is 13.1 Å². The van der Waals surface area contributed by atoms with Gasteiger partial charge in [0.25, 0.3) is 0 Å². The van der Waals surface area contributed by atoms with Gasteiger partial charge in [0.2, 0.25) is 5.88 Å². The Morgan fingerprint density at radius 3 is 2.62 bits per heavy atom. The molecular formula is C23H29N5O. The summed E-state index contributed by atoms with van der Waals surface area (Å²) in [5, 5.41) is 0. The van der Waals surface area contributed by atoms with E-state index in [9.17, 15) is 0 Å². The highest BCUT2D eigenvalue weighted by Gasteiger charge is 2.45. The number of hydrogen-bond donors (Lipinski definition) is 0. The highest BCUT2D eigenvalue weighted by Crippen LogP contribution is 2.44. The average molecular weight is 392 g/mol. The largest absolute Gasteiger partial charge is 0.471 e. The molecule has 6 heteroatoms. The first kappa shape index (κ1) is 18.6. The Morgan fingerprint density at radius 2 is 1.86 bits per heavy atom. The molecule has 6 nitrogen and oxygen atoms in total. The molecule has 0 unspecified atom stereocenters. The lowest BCUT2D eigenvalue weighted by atomic mass is 9.77. The van der Waals surface area contributed by atoms with Crippen molar-refractivity contribution in [1.82, 2.24) is 24.4 Å². The SMILES string of the molecule is Cc1nc2ccccc2n1[C@H]1C[C@H]2CN(C(C)C)C[C@H]2C[C@@H]1Oc1cnccn1. The Labute approximate surface area is 171 Å². The second kappa shape index (κ2) is 7.41. The van der Waals surface area contributed by atoms with Crippen molar-refractivity contribution >= 4 is 11.0 Å². The van der Waals surface area contributed by atoms with Crippen LogP contribution in [0.2, 0.25) is 0 Å². The highest BCUT2D eigenvalue weighted by atomic mass is 16.5. The third-order valence-electron chi connectivity index (χ3n) is 6.76. The molecule has 2 fully saturated rings. The summed E-state index contributed by atoms with van der Waals surface area (Å²) in [7, 11) is 0. The lowest BCUT2D eigenvalue weighted by Gasteiger charge is -2.39. The van der Waals surface area contributed by atoms with Crippen molar-refractivity contribution in [2.45, 2.75) is 51.8 Å². The zero-order chi connectivity index (χ0) is 20.0. The van der Waals surface area contributed by atoms with Crippen molar-refractivity contribution in [3.05, 3.63) is 48.7 Å². The second-order valence-corrected chi connectivity index (χ2v) is 8.82. The van der Waals surface area contributed by atoms with Crippen molar-refractivity contribution in [1.29, 1.82) is 0 Å². The molecule has 1 aromatic carbocycles. The summed E-state index contributed by atoms with van der Waals surface area (Å²) in [6, 6.07) is 9.27. The van der Waals surface area contributed by atoms with E-state index in [2.05, 4.69) is 64.5 Å². The number of imidazole rings is 1. The molecule has 1 aliphatic carbocycles. The maximum absolute atomic E-state index is 6.46. The molecule has 0 amide bonds. The molecule has 2 aliphatic rings. The first-order valence-corrected chi connectivity index (χ1v) is 10.7. The molecule has 0 N–H and O–H groups in total. The number of aromatic nitrogens is 4. The fourth-order valence-corrected chi connectivity index (χ4v) is 5.33. The van der Waals surface area contributed by atoms with E-state index in [0.717, 1.165) is 24.2 Å². The van der Waals surface area contributed by atoms with Gasteiger partial charge in [-0.2, -0.15) is 0 Å². The van der Waals surface area contributed by atoms with Crippen LogP contribution >= 0.6 is 0 Å². The van der Waals surface area contributed by atoms with Crippen LogP contribution in [0.25, 0.3) is 11.0 Å². The summed E-state index contributed by atoms with van der Waals surface area (Å²) >= 11 is 0. The van der Waals surface area contributed by atoms with Gasteiger partial charge < -0.3 is 14.2 Å². The van der Waals surface area contributed by atoms with Crippen LogP contribution in [0, 0.1) is 18.8 Å². The molecule has 4 atom stereocenters. The van der Waals surface area contributed by atoms with E-state index in [4.69, 9.17) is 9.72 Å². The normalized spacial score (nSPS) is 27.4. The minimum Gasteiger partial charge on any atom is -0.471 e. The van der Waals surface area contributed by atoms with Crippen LogP contribution in [0.3, 0.4) is 0 Å². The second-order valence-electron chi connectivity index (χ2n) is 8.82. The highest BCUT2D eigenvalue weighted by molar-refractivity contribution is 5.76. The van der Waals surface area contributed by atoms with Gasteiger partial charge in [0, 0.05) is 31.5 Å². The summed E-state index contributed by atoms with van der Waals surface area (Å²) in [5.41, 5.74) is 2.25. The summed E-state index contributed by atoms with van der Waals surface area (Å²) in [6.45, 7) is 9.06. The molecule has 1 aliphatic heterocycles. The molecule has 1 saturated heterocycles. The molecule has 1 saturated carbocycles. The number of ether oxygens (including phenoxy) is 1. The van der Waals surface area contributed by atoms with Crippen molar-refractivity contribution in [2.24, 2.45) is 11.8 Å². The monoisotopic (exact) mass is 391 g/mol. The Balaban J connectivity index is 1.52. The molecule has 3 heterocycles. The van der Waals surface area contributed by atoms with Crippen LogP contribution in [0.15, 0.2) is 42.9 Å². The maximum Gasteiger partial charge on any atom is 0.232 e. The molecule has 0 spiro atoms. The topological polar surface area (TPSA) is 56.1 Å².